The zero-order chi connectivity index (χ0) is 20.4. The molecule has 146 valence electrons. The van der Waals surface area contributed by atoms with Crippen molar-refractivity contribution in [3.05, 3.63) is 67.6 Å². The van der Waals surface area contributed by atoms with E-state index in [1.165, 1.54) is 23.2 Å². The number of amides is 1. The van der Waals surface area contributed by atoms with Gasteiger partial charge in [-0.2, -0.15) is 0 Å². The third-order valence-electron chi connectivity index (χ3n) is 3.94. The van der Waals surface area contributed by atoms with Crippen LogP contribution in [0.2, 0.25) is 15.1 Å². The number of thiazole rings is 1. The summed E-state index contributed by atoms with van der Waals surface area (Å²) >= 11 is 19.8. The SMILES string of the molecule is CC(=O)N(c1nc(COc2ccc(Cl)cc2Cl)cs1)c1c(C)cc(C)cc1Cl. The monoisotopic (exact) mass is 454 g/mol. The zero-order valence-electron chi connectivity index (χ0n) is 15.4. The van der Waals surface area contributed by atoms with Gasteiger partial charge in [0.25, 0.3) is 0 Å². The molecule has 1 aromatic heterocycles. The van der Waals surface area contributed by atoms with Gasteiger partial charge in [0.1, 0.15) is 12.4 Å². The Hall–Kier alpha value is -1.79. The molecule has 1 heterocycles. The highest BCUT2D eigenvalue weighted by molar-refractivity contribution is 7.14. The van der Waals surface area contributed by atoms with Crippen LogP contribution in [0.15, 0.2) is 35.7 Å². The number of carbonyl (C=O) groups excluding carboxylic acids is 1. The number of halogens is 3. The predicted octanol–water partition coefficient (Wildman–Crippen LogP) is 6.98. The van der Waals surface area contributed by atoms with Gasteiger partial charge < -0.3 is 4.74 Å². The van der Waals surface area contributed by atoms with E-state index in [1.54, 1.807) is 18.2 Å². The summed E-state index contributed by atoms with van der Waals surface area (Å²) in [6, 6.07) is 8.84. The summed E-state index contributed by atoms with van der Waals surface area (Å²) in [7, 11) is 0. The van der Waals surface area contributed by atoms with Crippen LogP contribution < -0.4 is 9.64 Å². The van der Waals surface area contributed by atoms with Crippen LogP contribution in [0.1, 0.15) is 23.7 Å². The van der Waals surface area contributed by atoms with E-state index in [9.17, 15) is 4.79 Å². The minimum Gasteiger partial charge on any atom is -0.486 e. The maximum Gasteiger partial charge on any atom is 0.230 e. The predicted molar refractivity (Wildman–Crippen MR) is 117 cm³/mol. The van der Waals surface area contributed by atoms with E-state index in [-0.39, 0.29) is 12.5 Å². The summed E-state index contributed by atoms with van der Waals surface area (Å²) in [5, 5.41) is 3.84. The van der Waals surface area contributed by atoms with E-state index in [1.807, 2.05) is 31.4 Å². The molecule has 0 saturated heterocycles. The van der Waals surface area contributed by atoms with Crippen molar-refractivity contribution in [1.29, 1.82) is 0 Å². The first-order valence-corrected chi connectivity index (χ1v) is 10.4. The average Bonchev–Trinajstić information content (AvgIpc) is 3.05. The van der Waals surface area contributed by atoms with E-state index in [0.717, 1.165) is 11.1 Å². The van der Waals surface area contributed by atoms with Gasteiger partial charge in [0.05, 0.1) is 21.4 Å². The molecule has 0 spiro atoms. The Bertz CT molecular complexity index is 1010. The summed E-state index contributed by atoms with van der Waals surface area (Å²) in [4.78, 5) is 18.4. The van der Waals surface area contributed by atoms with E-state index < -0.39 is 0 Å². The van der Waals surface area contributed by atoms with E-state index in [2.05, 4.69) is 4.98 Å². The highest BCUT2D eigenvalue weighted by Crippen LogP contribution is 2.37. The summed E-state index contributed by atoms with van der Waals surface area (Å²) in [5.41, 5.74) is 3.25. The van der Waals surface area contributed by atoms with Crippen molar-refractivity contribution in [1.82, 2.24) is 4.98 Å². The smallest absolute Gasteiger partial charge is 0.230 e. The Balaban J connectivity index is 1.85. The summed E-state index contributed by atoms with van der Waals surface area (Å²) in [5.74, 6) is 0.345. The van der Waals surface area contributed by atoms with Gasteiger partial charge >= 0.3 is 0 Å². The van der Waals surface area contributed by atoms with E-state index in [4.69, 9.17) is 39.5 Å². The van der Waals surface area contributed by atoms with Crippen molar-refractivity contribution in [3.8, 4) is 5.75 Å². The highest BCUT2D eigenvalue weighted by atomic mass is 35.5. The van der Waals surface area contributed by atoms with Crippen molar-refractivity contribution < 1.29 is 9.53 Å². The molecule has 0 atom stereocenters. The lowest BCUT2D eigenvalue weighted by molar-refractivity contribution is -0.115. The normalized spacial score (nSPS) is 10.8. The minimum atomic E-state index is -0.170. The number of carbonyl (C=O) groups is 1. The van der Waals surface area contributed by atoms with Gasteiger partial charge in [0.15, 0.2) is 5.13 Å². The van der Waals surface area contributed by atoms with Crippen LogP contribution >= 0.6 is 46.1 Å². The lowest BCUT2D eigenvalue weighted by atomic mass is 10.1. The lowest BCUT2D eigenvalue weighted by Crippen LogP contribution is -2.24. The van der Waals surface area contributed by atoms with Crippen molar-refractivity contribution >= 4 is 62.9 Å². The molecule has 0 aliphatic carbocycles. The maximum atomic E-state index is 12.4. The quantitative estimate of drug-likeness (QED) is 0.416. The van der Waals surface area contributed by atoms with Crippen molar-refractivity contribution in [2.24, 2.45) is 0 Å². The van der Waals surface area contributed by atoms with Crippen LogP contribution in [-0.2, 0) is 11.4 Å². The maximum absolute atomic E-state index is 12.4. The fourth-order valence-electron chi connectivity index (χ4n) is 2.79. The molecule has 0 fully saturated rings. The molecule has 0 N–H and O–H groups in total. The number of benzene rings is 2. The number of anilines is 2. The molecule has 4 nitrogen and oxygen atoms in total. The number of nitrogens with zero attached hydrogens (tertiary/aromatic N) is 2. The first-order valence-electron chi connectivity index (χ1n) is 8.36. The molecular formula is C20H17Cl3N2O2S. The van der Waals surface area contributed by atoms with Crippen molar-refractivity contribution in [2.45, 2.75) is 27.4 Å². The number of aromatic nitrogens is 1. The summed E-state index contributed by atoms with van der Waals surface area (Å²) in [6.07, 6.45) is 0. The van der Waals surface area contributed by atoms with Gasteiger partial charge in [-0.1, -0.05) is 40.9 Å². The van der Waals surface area contributed by atoms with Crippen molar-refractivity contribution in [3.63, 3.8) is 0 Å². The third kappa shape index (κ3) is 4.61. The molecule has 1 amide bonds. The van der Waals surface area contributed by atoms with Crippen LogP contribution in [0.25, 0.3) is 0 Å². The molecule has 0 aliphatic heterocycles. The van der Waals surface area contributed by atoms with Gasteiger partial charge in [-0.15, -0.1) is 11.3 Å². The molecule has 3 aromatic rings. The standard InChI is InChI=1S/C20H17Cl3N2O2S/c1-11-6-12(2)19(17(23)7-11)25(13(3)26)20-24-15(10-28-20)9-27-18-5-4-14(21)8-16(18)22/h4-8,10H,9H2,1-3H3. The Morgan fingerprint density at radius 1 is 1.14 bits per heavy atom. The molecule has 0 bridgehead atoms. The lowest BCUT2D eigenvalue weighted by Gasteiger charge is -2.22. The molecule has 8 heteroatoms. The third-order valence-corrected chi connectivity index (χ3v) is 5.63. The Morgan fingerprint density at radius 2 is 1.89 bits per heavy atom. The van der Waals surface area contributed by atoms with Crippen molar-refractivity contribution in [2.75, 3.05) is 4.90 Å². The first-order chi connectivity index (χ1) is 13.3. The Labute approximate surface area is 182 Å². The molecular weight excluding hydrogens is 439 g/mol. The van der Waals surface area contributed by atoms with Gasteiger partial charge in [0.2, 0.25) is 5.91 Å². The number of ether oxygens (including phenoxy) is 1. The van der Waals surface area contributed by atoms with Crippen LogP contribution in [0.3, 0.4) is 0 Å². The second kappa shape index (κ2) is 8.70. The molecule has 2 aromatic carbocycles. The average molecular weight is 456 g/mol. The largest absolute Gasteiger partial charge is 0.486 e. The number of aryl methyl sites for hydroxylation is 2. The van der Waals surface area contributed by atoms with Crippen LogP contribution in [0.4, 0.5) is 10.8 Å². The molecule has 0 unspecified atom stereocenters. The van der Waals surface area contributed by atoms with E-state index >= 15 is 0 Å². The van der Waals surface area contributed by atoms with Crippen LogP contribution in [-0.4, -0.2) is 10.9 Å². The summed E-state index contributed by atoms with van der Waals surface area (Å²) < 4.78 is 5.72. The zero-order valence-corrected chi connectivity index (χ0v) is 18.5. The molecule has 3 rings (SSSR count). The summed E-state index contributed by atoms with van der Waals surface area (Å²) in [6.45, 7) is 5.58. The fourth-order valence-corrected chi connectivity index (χ4v) is 4.51. The van der Waals surface area contributed by atoms with Crippen LogP contribution in [0, 0.1) is 13.8 Å². The highest BCUT2D eigenvalue weighted by Gasteiger charge is 2.22. The number of hydrogen-bond acceptors (Lipinski definition) is 4. The van der Waals surface area contributed by atoms with Crippen LogP contribution in [0.5, 0.6) is 5.75 Å². The molecule has 0 saturated carbocycles. The molecule has 28 heavy (non-hydrogen) atoms. The Kier molecular flexibility index (Phi) is 6.50. The Morgan fingerprint density at radius 3 is 2.54 bits per heavy atom. The number of hydrogen-bond donors (Lipinski definition) is 0. The first kappa shape index (κ1) is 20.9. The fraction of sp³-hybridized carbons (Fsp3) is 0.200. The van der Waals surface area contributed by atoms with Gasteiger partial charge in [0, 0.05) is 17.3 Å². The van der Waals surface area contributed by atoms with Gasteiger partial charge in [-0.05, 0) is 49.2 Å². The van der Waals surface area contributed by atoms with Gasteiger partial charge in [-0.25, -0.2) is 4.98 Å². The second-order valence-electron chi connectivity index (χ2n) is 6.25. The molecule has 0 aliphatic rings. The topological polar surface area (TPSA) is 42.4 Å². The minimum absolute atomic E-state index is 0.170. The van der Waals surface area contributed by atoms with E-state index in [0.29, 0.717) is 37.3 Å². The molecule has 0 radical (unpaired) electrons. The second-order valence-corrected chi connectivity index (χ2v) is 8.34. The van der Waals surface area contributed by atoms with Gasteiger partial charge in [-0.3, -0.25) is 9.69 Å². The number of rotatable bonds is 5.